The molecule has 0 unspecified atom stereocenters. The monoisotopic (exact) mass is 510 g/mol. The Morgan fingerprint density at radius 3 is 2.68 bits per heavy atom. The zero-order valence-corrected chi connectivity index (χ0v) is 22.4. The van der Waals surface area contributed by atoms with Crippen LogP contribution in [0.25, 0.3) is 0 Å². The quantitative estimate of drug-likeness (QED) is 0.639. The van der Waals surface area contributed by atoms with Crippen LogP contribution < -0.4 is 10.1 Å². The van der Waals surface area contributed by atoms with Crippen molar-refractivity contribution in [3.8, 4) is 5.75 Å². The highest BCUT2D eigenvalue weighted by atomic mass is 16.5. The van der Waals surface area contributed by atoms with Crippen molar-refractivity contribution in [1.82, 2.24) is 14.8 Å². The van der Waals surface area contributed by atoms with E-state index in [-0.39, 0.29) is 48.8 Å². The number of hydrogen-bond donors (Lipinski definition) is 1. The number of methoxy groups -OCH3 is 1. The Bertz CT molecular complexity index is 1080. The molecule has 0 saturated carbocycles. The van der Waals surface area contributed by atoms with Gasteiger partial charge in [0.1, 0.15) is 12.4 Å². The zero-order valence-electron chi connectivity index (χ0n) is 22.4. The molecule has 1 aromatic heterocycles. The first-order valence-electron chi connectivity index (χ1n) is 12.8. The summed E-state index contributed by atoms with van der Waals surface area (Å²) >= 11 is 0. The maximum atomic E-state index is 13.4. The smallest absolute Gasteiger partial charge is 0.257 e. The number of ether oxygens (including phenoxy) is 2. The largest absolute Gasteiger partial charge is 0.491 e. The molecule has 1 aliphatic rings. The molecule has 0 saturated heterocycles. The molecule has 3 rings (SSSR count). The van der Waals surface area contributed by atoms with Crippen LogP contribution in [0.15, 0.2) is 42.7 Å². The maximum absolute atomic E-state index is 13.4. The molecule has 2 aromatic rings. The molecule has 2 heterocycles. The number of likely N-dealkylation sites (N-methyl/N-ethyl adjacent to an activating group) is 1. The van der Waals surface area contributed by atoms with E-state index in [1.165, 1.54) is 0 Å². The molecule has 200 valence electrons. The molecule has 0 fully saturated rings. The van der Waals surface area contributed by atoms with Crippen molar-refractivity contribution in [2.75, 3.05) is 39.2 Å². The van der Waals surface area contributed by atoms with Gasteiger partial charge in [0.2, 0.25) is 11.8 Å². The molecule has 1 aliphatic heterocycles. The van der Waals surface area contributed by atoms with Crippen molar-refractivity contribution in [3.05, 3.63) is 53.9 Å². The van der Waals surface area contributed by atoms with Crippen LogP contribution in [-0.2, 0) is 20.7 Å². The summed E-state index contributed by atoms with van der Waals surface area (Å²) in [5, 5.41) is 2.85. The van der Waals surface area contributed by atoms with E-state index in [4.69, 9.17) is 9.47 Å². The highest BCUT2D eigenvalue weighted by Gasteiger charge is 2.30. The molecule has 1 N–H and O–H groups in total. The SMILES string of the molecule is CCCC(=O)Nc1ccc2c(c1)C(=O)N(C)C[C@@H](OC)[C@H](C)CN(C(=O)Cc1cccnc1)[C@H](C)CO2. The van der Waals surface area contributed by atoms with Gasteiger partial charge in [-0.2, -0.15) is 0 Å². The topological polar surface area (TPSA) is 101 Å². The van der Waals surface area contributed by atoms with Crippen LogP contribution >= 0.6 is 0 Å². The first-order valence-corrected chi connectivity index (χ1v) is 12.8. The van der Waals surface area contributed by atoms with E-state index in [2.05, 4.69) is 10.3 Å². The molecule has 0 aliphatic carbocycles. The van der Waals surface area contributed by atoms with Gasteiger partial charge in [0.25, 0.3) is 5.91 Å². The normalized spacial score (nSPS) is 20.8. The van der Waals surface area contributed by atoms with Crippen LogP contribution in [0.1, 0.15) is 49.5 Å². The van der Waals surface area contributed by atoms with Gasteiger partial charge in [-0.1, -0.05) is 19.9 Å². The molecule has 0 bridgehead atoms. The third-order valence-corrected chi connectivity index (χ3v) is 6.60. The van der Waals surface area contributed by atoms with Gasteiger partial charge in [-0.15, -0.1) is 0 Å². The molecule has 0 radical (unpaired) electrons. The summed E-state index contributed by atoms with van der Waals surface area (Å²) < 4.78 is 11.9. The van der Waals surface area contributed by atoms with E-state index in [1.807, 2.05) is 37.8 Å². The third-order valence-electron chi connectivity index (χ3n) is 6.60. The van der Waals surface area contributed by atoms with Gasteiger partial charge in [-0.05, 0) is 43.2 Å². The van der Waals surface area contributed by atoms with Crippen molar-refractivity contribution in [1.29, 1.82) is 0 Å². The van der Waals surface area contributed by atoms with Gasteiger partial charge in [0.05, 0.1) is 24.1 Å². The van der Waals surface area contributed by atoms with E-state index < -0.39 is 0 Å². The summed E-state index contributed by atoms with van der Waals surface area (Å²) in [4.78, 5) is 46.5. The number of aromatic nitrogens is 1. The fourth-order valence-electron chi connectivity index (χ4n) is 4.43. The van der Waals surface area contributed by atoms with Gasteiger partial charge >= 0.3 is 0 Å². The van der Waals surface area contributed by atoms with Crippen LogP contribution in [0.2, 0.25) is 0 Å². The number of benzene rings is 1. The molecular weight excluding hydrogens is 472 g/mol. The van der Waals surface area contributed by atoms with Crippen molar-refractivity contribution < 1.29 is 23.9 Å². The summed E-state index contributed by atoms with van der Waals surface area (Å²) in [7, 11) is 3.34. The highest BCUT2D eigenvalue weighted by Crippen LogP contribution is 2.27. The van der Waals surface area contributed by atoms with Crippen molar-refractivity contribution in [3.63, 3.8) is 0 Å². The van der Waals surface area contributed by atoms with Crippen LogP contribution in [-0.4, -0.2) is 78.5 Å². The number of carbonyl (C=O) groups excluding carboxylic acids is 3. The second kappa shape index (κ2) is 13.2. The number of fused-ring (bicyclic) bond motifs is 1. The maximum Gasteiger partial charge on any atom is 0.257 e. The highest BCUT2D eigenvalue weighted by molar-refractivity contribution is 5.99. The number of hydrogen-bond acceptors (Lipinski definition) is 6. The lowest BCUT2D eigenvalue weighted by atomic mass is 10.0. The summed E-state index contributed by atoms with van der Waals surface area (Å²) in [6.07, 6.45) is 4.46. The Morgan fingerprint density at radius 1 is 1.22 bits per heavy atom. The number of rotatable bonds is 6. The first-order chi connectivity index (χ1) is 17.7. The number of nitrogens with zero attached hydrogens (tertiary/aromatic N) is 3. The van der Waals surface area contributed by atoms with Crippen molar-refractivity contribution in [2.45, 2.75) is 52.2 Å². The molecule has 9 heteroatoms. The molecular formula is C28H38N4O5. The van der Waals surface area contributed by atoms with E-state index >= 15 is 0 Å². The second-order valence-corrected chi connectivity index (χ2v) is 9.69. The van der Waals surface area contributed by atoms with Crippen LogP contribution in [0.5, 0.6) is 5.75 Å². The number of carbonyl (C=O) groups is 3. The lowest BCUT2D eigenvalue weighted by molar-refractivity contribution is -0.134. The molecule has 9 nitrogen and oxygen atoms in total. The Morgan fingerprint density at radius 2 is 2.00 bits per heavy atom. The summed E-state index contributed by atoms with van der Waals surface area (Å²) in [6, 6.07) is 8.51. The number of amides is 3. The van der Waals surface area contributed by atoms with Gasteiger partial charge in [-0.25, -0.2) is 0 Å². The first kappa shape index (κ1) is 28.1. The predicted octanol–water partition coefficient (Wildman–Crippen LogP) is 3.40. The Labute approximate surface area is 219 Å². The van der Waals surface area contributed by atoms with Crippen molar-refractivity contribution >= 4 is 23.4 Å². The van der Waals surface area contributed by atoms with Gasteiger partial charge in [0, 0.05) is 57.7 Å². The van der Waals surface area contributed by atoms with E-state index in [1.54, 1.807) is 49.7 Å². The van der Waals surface area contributed by atoms with Crippen LogP contribution in [0.4, 0.5) is 5.69 Å². The van der Waals surface area contributed by atoms with Crippen LogP contribution in [0, 0.1) is 5.92 Å². The summed E-state index contributed by atoms with van der Waals surface area (Å²) in [5.41, 5.74) is 1.73. The predicted molar refractivity (Wildman–Crippen MR) is 142 cm³/mol. The average molecular weight is 511 g/mol. The Kier molecular flexibility index (Phi) is 10.0. The summed E-state index contributed by atoms with van der Waals surface area (Å²) in [5.74, 6) is -0.00406. The van der Waals surface area contributed by atoms with Crippen molar-refractivity contribution in [2.24, 2.45) is 5.92 Å². The van der Waals surface area contributed by atoms with E-state index in [9.17, 15) is 14.4 Å². The number of anilines is 1. The van der Waals surface area contributed by atoms with Gasteiger partial charge in [-0.3, -0.25) is 19.4 Å². The lowest BCUT2D eigenvalue weighted by Crippen LogP contribution is -2.49. The lowest BCUT2D eigenvalue weighted by Gasteiger charge is -2.36. The Balaban J connectivity index is 1.92. The number of pyridine rings is 1. The molecule has 37 heavy (non-hydrogen) atoms. The van der Waals surface area contributed by atoms with Gasteiger partial charge < -0.3 is 24.6 Å². The standard InChI is InChI=1S/C28H38N4O5/c1-6-8-26(33)30-22-10-11-24-23(14-22)28(35)31(4)17-25(36-5)19(2)16-32(20(3)18-37-24)27(34)13-21-9-7-12-29-15-21/h7,9-12,14-15,19-20,25H,6,8,13,16-18H2,1-5H3,(H,30,33)/t19-,20-,25-/m1/s1. The zero-order chi connectivity index (χ0) is 26.9. The minimum Gasteiger partial charge on any atom is -0.491 e. The van der Waals surface area contributed by atoms with Crippen LogP contribution in [0.3, 0.4) is 0 Å². The third kappa shape index (κ3) is 7.52. The van der Waals surface area contributed by atoms with E-state index in [0.717, 1.165) is 12.0 Å². The molecule has 3 atom stereocenters. The molecule has 0 spiro atoms. The second-order valence-electron chi connectivity index (χ2n) is 9.69. The fourth-order valence-corrected chi connectivity index (χ4v) is 4.43. The van der Waals surface area contributed by atoms with E-state index in [0.29, 0.717) is 36.5 Å². The molecule has 3 amide bonds. The summed E-state index contributed by atoms with van der Waals surface area (Å²) in [6.45, 7) is 6.89. The number of nitrogens with one attached hydrogen (secondary N) is 1. The minimum absolute atomic E-state index is 0.0264. The fraction of sp³-hybridized carbons (Fsp3) is 0.500. The minimum atomic E-state index is -0.286. The molecule has 1 aromatic carbocycles. The average Bonchev–Trinajstić information content (AvgIpc) is 2.88. The van der Waals surface area contributed by atoms with Gasteiger partial charge in [0.15, 0.2) is 0 Å². The Hall–Kier alpha value is -3.46.